The molecule has 0 aliphatic rings. The summed E-state index contributed by atoms with van der Waals surface area (Å²) >= 11 is 0. The van der Waals surface area contributed by atoms with Crippen LogP contribution < -0.4 is 10.5 Å². The second-order valence-electron chi connectivity index (χ2n) is 3.89. The van der Waals surface area contributed by atoms with Crippen LogP contribution >= 0.6 is 0 Å². The molecule has 10 heteroatoms. The van der Waals surface area contributed by atoms with E-state index >= 15 is 0 Å². The first-order valence-electron chi connectivity index (χ1n) is 5.58. The van der Waals surface area contributed by atoms with Gasteiger partial charge in [-0.25, -0.2) is 13.1 Å². The Morgan fingerprint density at radius 2 is 2.26 bits per heavy atom. The number of anilines is 2. The van der Waals surface area contributed by atoms with Crippen LogP contribution in [0.25, 0.3) is 0 Å². The monoisotopic (exact) mass is 286 g/mol. The Kier molecular flexibility index (Phi) is 3.42. The van der Waals surface area contributed by atoms with Crippen molar-refractivity contribution < 1.29 is 12.9 Å². The van der Waals surface area contributed by atoms with Gasteiger partial charge in [-0.1, -0.05) is 12.1 Å². The predicted octanol–water partition coefficient (Wildman–Crippen LogP) is 0.368. The number of nitrogens with zero attached hydrogens (tertiary/aromatic N) is 4. The maximum atomic E-state index is 12.1. The van der Waals surface area contributed by atoms with Crippen LogP contribution in [-0.2, 0) is 16.6 Å². The largest absolute Gasteiger partial charge is 0.381 e. The van der Waals surface area contributed by atoms with Crippen LogP contribution in [-0.4, -0.2) is 28.3 Å². The molecule has 0 aliphatic carbocycles. The zero-order valence-electron chi connectivity index (χ0n) is 10.5. The van der Waals surface area contributed by atoms with Gasteiger partial charge in [-0.3, -0.25) is 4.68 Å². The van der Waals surface area contributed by atoms with Crippen LogP contribution in [0.1, 0.15) is 19.2 Å². The summed E-state index contributed by atoms with van der Waals surface area (Å²) in [5.41, 5.74) is 5.60. The number of sulfonamides is 1. The van der Waals surface area contributed by atoms with E-state index in [1.807, 2.05) is 6.92 Å². The van der Waals surface area contributed by atoms with E-state index in [4.69, 9.17) is 10.3 Å². The molecule has 2 heterocycles. The summed E-state index contributed by atoms with van der Waals surface area (Å²) in [7, 11) is -3.88. The average Bonchev–Trinajstić information content (AvgIpc) is 2.86. The van der Waals surface area contributed by atoms with E-state index in [0.29, 0.717) is 12.4 Å². The molecule has 0 atom stereocenters. The van der Waals surface area contributed by atoms with Gasteiger partial charge >= 0.3 is 6.01 Å². The van der Waals surface area contributed by atoms with Crippen LogP contribution in [0.15, 0.2) is 15.6 Å². The summed E-state index contributed by atoms with van der Waals surface area (Å²) in [5, 5.41) is 7.41. The average molecular weight is 286 g/mol. The summed E-state index contributed by atoms with van der Waals surface area (Å²) in [6, 6.07) is -0.208. The van der Waals surface area contributed by atoms with Crippen molar-refractivity contribution in [1.82, 2.24) is 19.9 Å². The molecule has 0 unspecified atom stereocenters. The Hall–Kier alpha value is -2.10. The van der Waals surface area contributed by atoms with Crippen molar-refractivity contribution in [3.05, 3.63) is 12.0 Å². The highest BCUT2D eigenvalue weighted by Crippen LogP contribution is 2.19. The Morgan fingerprint density at radius 3 is 2.84 bits per heavy atom. The molecule has 9 nitrogen and oxygen atoms in total. The summed E-state index contributed by atoms with van der Waals surface area (Å²) in [5.74, 6) is 0.254. The third-order valence-corrected chi connectivity index (χ3v) is 3.58. The van der Waals surface area contributed by atoms with E-state index in [1.165, 1.54) is 10.9 Å². The van der Waals surface area contributed by atoms with Gasteiger partial charge in [0.2, 0.25) is 0 Å². The highest BCUT2D eigenvalue weighted by molar-refractivity contribution is 7.92. The third kappa shape index (κ3) is 2.84. The Bertz CT molecular complexity index is 674. The molecule has 2 aromatic rings. The zero-order valence-corrected chi connectivity index (χ0v) is 11.3. The van der Waals surface area contributed by atoms with Gasteiger partial charge in [0.1, 0.15) is 4.90 Å². The van der Waals surface area contributed by atoms with Crippen LogP contribution in [0.3, 0.4) is 0 Å². The third-order valence-electron chi connectivity index (χ3n) is 2.25. The maximum absolute atomic E-state index is 12.1. The van der Waals surface area contributed by atoms with Crippen LogP contribution in [0.4, 0.5) is 11.8 Å². The van der Waals surface area contributed by atoms with Crippen molar-refractivity contribution in [3.63, 3.8) is 0 Å². The van der Waals surface area contributed by atoms with Gasteiger partial charge in [0.25, 0.3) is 10.0 Å². The van der Waals surface area contributed by atoms with Crippen molar-refractivity contribution in [1.29, 1.82) is 0 Å². The fourth-order valence-corrected chi connectivity index (χ4v) is 2.48. The van der Waals surface area contributed by atoms with E-state index < -0.39 is 10.0 Å². The molecular weight excluding hydrogens is 272 g/mol. The van der Waals surface area contributed by atoms with Gasteiger partial charge in [0.15, 0.2) is 11.6 Å². The summed E-state index contributed by atoms with van der Waals surface area (Å²) in [4.78, 5) is 3.64. The first-order valence-corrected chi connectivity index (χ1v) is 7.06. The Balaban J connectivity index is 2.28. The van der Waals surface area contributed by atoms with E-state index in [9.17, 15) is 8.42 Å². The minimum atomic E-state index is -3.88. The number of aromatic nitrogens is 4. The smallest absolute Gasteiger partial charge is 0.335 e. The van der Waals surface area contributed by atoms with Crippen molar-refractivity contribution in [2.75, 3.05) is 10.5 Å². The highest BCUT2D eigenvalue weighted by Gasteiger charge is 2.23. The van der Waals surface area contributed by atoms with E-state index in [1.54, 1.807) is 6.92 Å². The number of nitrogen functional groups attached to an aromatic ring is 1. The van der Waals surface area contributed by atoms with Crippen LogP contribution in [0.2, 0.25) is 0 Å². The predicted molar refractivity (Wildman–Crippen MR) is 66.8 cm³/mol. The number of hydrogen-bond donors (Lipinski definition) is 2. The maximum Gasteiger partial charge on any atom is 0.335 e. The van der Waals surface area contributed by atoms with Crippen LogP contribution in [0, 0.1) is 6.92 Å². The van der Waals surface area contributed by atoms with Crippen molar-refractivity contribution in [2.45, 2.75) is 31.7 Å². The zero-order chi connectivity index (χ0) is 14.0. The molecule has 0 aromatic carbocycles. The fraction of sp³-hybridized carbons (Fsp3) is 0.444. The van der Waals surface area contributed by atoms with Crippen molar-refractivity contribution >= 4 is 21.9 Å². The van der Waals surface area contributed by atoms with Gasteiger partial charge in [-0.15, -0.1) is 0 Å². The van der Waals surface area contributed by atoms with Gasteiger partial charge in [0, 0.05) is 12.7 Å². The minimum Gasteiger partial charge on any atom is -0.381 e. The first-order chi connectivity index (χ1) is 8.92. The lowest BCUT2D eigenvalue weighted by atomic mass is 10.5. The minimum absolute atomic E-state index is 0.0720. The molecule has 0 spiro atoms. The van der Waals surface area contributed by atoms with Crippen molar-refractivity contribution in [3.8, 4) is 0 Å². The van der Waals surface area contributed by atoms with Gasteiger partial charge in [-0.05, 0) is 13.3 Å². The lowest BCUT2D eigenvalue weighted by Crippen LogP contribution is -2.14. The van der Waals surface area contributed by atoms with Gasteiger partial charge < -0.3 is 10.3 Å². The van der Waals surface area contributed by atoms with Crippen molar-refractivity contribution in [2.24, 2.45) is 0 Å². The molecule has 0 aliphatic heterocycles. The second-order valence-corrected chi connectivity index (χ2v) is 5.54. The number of aryl methyl sites for hydroxylation is 2. The lowest BCUT2D eigenvalue weighted by molar-refractivity contribution is 0.429. The Labute approximate surface area is 109 Å². The lowest BCUT2D eigenvalue weighted by Gasteiger charge is -2.00. The standard InChI is InChI=1S/C9H14N6O3S/c1-3-4-15-5-7(8(10)12-15)19(16,17)14-9-11-6(2)13-18-9/h5H,3-4H2,1-2H3,(H2,10,12)(H,11,13,14). The molecule has 0 radical (unpaired) electrons. The molecule has 19 heavy (non-hydrogen) atoms. The number of rotatable bonds is 5. The fourth-order valence-electron chi connectivity index (χ4n) is 1.48. The molecule has 2 rings (SSSR count). The SMILES string of the molecule is CCCn1cc(S(=O)(=O)Nc2nc(C)no2)c(N)n1. The van der Waals surface area contributed by atoms with Crippen LogP contribution in [0.5, 0.6) is 0 Å². The second kappa shape index (κ2) is 4.88. The Morgan fingerprint density at radius 1 is 1.53 bits per heavy atom. The number of hydrogen-bond acceptors (Lipinski definition) is 7. The molecule has 0 saturated carbocycles. The first kappa shape index (κ1) is 13.3. The van der Waals surface area contributed by atoms with E-state index in [2.05, 4.69) is 20.0 Å². The molecule has 3 N–H and O–H groups in total. The molecule has 0 saturated heterocycles. The molecule has 0 amide bonds. The number of nitrogens with one attached hydrogen (secondary N) is 1. The topological polar surface area (TPSA) is 129 Å². The van der Waals surface area contributed by atoms with Gasteiger partial charge in [0.05, 0.1) is 0 Å². The summed E-state index contributed by atoms with van der Waals surface area (Å²) < 4.78 is 32.5. The molecule has 104 valence electrons. The summed E-state index contributed by atoms with van der Waals surface area (Å²) in [6.45, 7) is 4.11. The molecule has 0 bridgehead atoms. The number of nitrogens with two attached hydrogens (primary N) is 1. The highest BCUT2D eigenvalue weighted by atomic mass is 32.2. The normalized spacial score (nSPS) is 11.7. The van der Waals surface area contributed by atoms with E-state index in [-0.39, 0.29) is 16.7 Å². The van der Waals surface area contributed by atoms with Gasteiger partial charge in [-0.2, -0.15) is 10.1 Å². The quantitative estimate of drug-likeness (QED) is 0.812. The molecular formula is C9H14N6O3S. The molecule has 2 aromatic heterocycles. The van der Waals surface area contributed by atoms with E-state index in [0.717, 1.165) is 6.42 Å². The molecule has 0 fully saturated rings. The summed E-state index contributed by atoms with van der Waals surface area (Å²) in [6.07, 6.45) is 2.18.